The molecule has 40 heavy (non-hydrogen) atoms. The standard InChI is InChI=1S/C32H34O8/c1-9-10-23(22-12-11-18(2)13-19(22)3)39-32-29(33)28-24(35-5)16-21(34-4)17-25(28)40-30(32)20-14-26(36-6)31(38-8)27(15-20)37-7/h11-17,23H,1-2,9-10H2,3-8H3. The highest BCUT2D eigenvalue weighted by Gasteiger charge is 2.27. The van der Waals surface area contributed by atoms with E-state index in [0.29, 0.717) is 47.2 Å². The summed E-state index contributed by atoms with van der Waals surface area (Å²) in [6.45, 7) is 10.0. The predicted molar refractivity (Wildman–Crippen MR) is 154 cm³/mol. The van der Waals surface area contributed by atoms with Crippen molar-refractivity contribution < 1.29 is 32.8 Å². The summed E-state index contributed by atoms with van der Waals surface area (Å²) in [5.74, 6) is 2.16. The number of methoxy groups -OCH3 is 5. The molecule has 4 aromatic rings. The van der Waals surface area contributed by atoms with Crippen molar-refractivity contribution in [2.45, 2.75) is 25.9 Å². The smallest absolute Gasteiger partial charge is 0.239 e. The molecular weight excluding hydrogens is 512 g/mol. The van der Waals surface area contributed by atoms with Gasteiger partial charge in [0.15, 0.2) is 17.3 Å². The number of rotatable bonds is 11. The molecule has 0 spiro atoms. The monoisotopic (exact) mass is 546 g/mol. The quantitative estimate of drug-likeness (QED) is 0.205. The maximum absolute atomic E-state index is 14.2. The third-order valence-corrected chi connectivity index (χ3v) is 6.68. The van der Waals surface area contributed by atoms with Crippen LogP contribution < -0.4 is 33.8 Å². The Morgan fingerprint density at radius 1 is 0.825 bits per heavy atom. The summed E-state index contributed by atoms with van der Waals surface area (Å²) >= 11 is 0. The van der Waals surface area contributed by atoms with E-state index in [2.05, 4.69) is 13.8 Å². The normalized spacial score (nSPS) is 11.7. The van der Waals surface area contributed by atoms with Crippen LogP contribution in [0.15, 0.2) is 51.7 Å². The minimum Gasteiger partial charge on any atom is -0.496 e. The van der Waals surface area contributed by atoms with Gasteiger partial charge in [-0.3, -0.25) is 4.79 Å². The summed E-state index contributed by atoms with van der Waals surface area (Å²) in [5.41, 5.74) is 3.16. The summed E-state index contributed by atoms with van der Waals surface area (Å²) in [6.07, 6.45) is 0.654. The van der Waals surface area contributed by atoms with Crippen molar-refractivity contribution in [2.24, 2.45) is 0 Å². The minimum atomic E-state index is -0.483. The zero-order valence-electron chi connectivity index (χ0n) is 23.7. The fourth-order valence-electron chi connectivity index (χ4n) is 4.74. The first kappa shape index (κ1) is 28.7. The van der Waals surface area contributed by atoms with Crippen LogP contribution in [0.2, 0.25) is 0 Å². The van der Waals surface area contributed by atoms with Gasteiger partial charge in [-0.05, 0) is 55.5 Å². The average molecular weight is 547 g/mol. The molecule has 210 valence electrons. The first-order valence-corrected chi connectivity index (χ1v) is 12.7. The van der Waals surface area contributed by atoms with Gasteiger partial charge in [-0.2, -0.15) is 0 Å². The lowest BCUT2D eigenvalue weighted by molar-refractivity contribution is 0.191. The second-order valence-electron chi connectivity index (χ2n) is 9.15. The van der Waals surface area contributed by atoms with Crippen LogP contribution in [0.25, 0.3) is 22.3 Å². The van der Waals surface area contributed by atoms with Gasteiger partial charge in [0, 0.05) is 17.7 Å². The molecular formula is C32H34O8. The maximum atomic E-state index is 14.2. The Morgan fingerprint density at radius 2 is 1.50 bits per heavy atom. The third kappa shape index (κ3) is 5.39. The summed E-state index contributed by atoms with van der Waals surface area (Å²) in [5, 5.41) is 0.229. The van der Waals surface area contributed by atoms with Gasteiger partial charge in [0.2, 0.25) is 16.9 Å². The lowest BCUT2D eigenvalue weighted by Gasteiger charge is -2.23. The van der Waals surface area contributed by atoms with Crippen LogP contribution in [-0.2, 0) is 0 Å². The summed E-state index contributed by atoms with van der Waals surface area (Å²) in [7, 11) is 7.57. The molecule has 0 saturated carbocycles. The molecule has 0 bridgehead atoms. The molecule has 4 rings (SSSR count). The van der Waals surface area contributed by atoms with E-state index in [-0.39, 0.29) is 22.5 Å². The van der Waals surface area contributed by atoms with Crippen LogP contribution in [0.5, 0.6) is 34.5 Å². The molecule has 0 fully saturated rings. The molecule has 1 atom stereocenters. The number of benzene rings is 3. The largest absolute Gasteiger partial charge is 0.496 e. The summed E-state index contributed by atoms with van der Waals surface area (Å²) in [4.78, 5) is 14.2. The molecule has 0 aliphatic carbocycles. The Balaban J connectivity index is 2.05. The number of aryl methyl sites for hydroxylation is 1. The van der Waals surface area contributed by atoms with E-state index in [1.807, 2.05) is 25.1 Å². The third-order valence-electron chi connectivity index (χ3n) is 6.68. The Morgan fingerprint density at radius 3 is 2.05 bits per heavy atom. The fourth-order valence-corrected chi connectivity index (χ4v) is 4.74. The molecule has 1 aromatic heterocycles. The number of ether oxygens (including phenoxy) is 6. The Hall–Kier alpha value is -4.33. The topological polar surface area (TPSA) is 85.6 Å². The van der Waals surface area contributed by atoms with Crippen LogP contribution in [-0.4, -0.2) is 35.5 Å². The molecule has 0 amide bonds. The molecule has 0 aliphatic rings. The van der Waals surface area contributed by atoms with E-state index in [1.165, 1.54) is 35.5 Å². The van der Waals surface area contributed by atoms with E-state index >= 15 is 0 Å². The van der Waals surface area contributed by atoms with Crippen LogP contribution in [0, 0.1) is 20.8 Å². The van der Waals surface area contributed by atoms with Gasteiger partial charge in [0.25, 0.3) is 0 Å². The van der Waals surface area contributed by atoms with Crippen molar-refractivity contribution >= 4 is 11.0 Å². The second kappa shape index (κ2) is 12.2. The van der Waals surface area contributed by atoms with E-state index in [1.54, 1.807) is 24.3 Å². The molecule has 0 aliphatic heterocycles. The van der Waals surface area contributed by atoms with E-state index in [4.69, 9.17) is 32.8 Å². The van der Waals surface area contributed by atoms with Gasteiger partial charge in [-0.15, -0.1) is 0 Å². The Kier molecular flexibility index (Phi) is 8.77. The van der Waals surface area contributed by atoms with E-state index < -0.39 is 11.5 Å². The molecule has 8 nitrogen and oxygen atoms in total. The highest BCUT2D eigenvalue weighted by atomic mass is 16.5. The lowest BCUT2D eigenvalue weighted by atomic mass is 9.98. The number of hydrogen-bond donors (Lipinski definition) is 0. The Bertz CT molecular complexity index is 1540. The lowest BCUT2D eigenvalue weighted by Crippen LogP contribution is -2.16. The van der Waals surface area contributed by atoms with Crippen molar-refractivity contribution in [1.82, 2.24) is 0 Å². The number of hydrogen-bond acceptors (Lipinski definition) is 8. The molecule has 1 unspecified atom stereocenters. The number of fused-ring (bicyclic) bond motifs is 1. The first-order valence-electron chi connectivity index (χ1n) is 12.7. The van der Waals surface area contributed by atoms with E-state index in [0.717, 1.165) is 16.7 Å². The van der Waals surface area contributed by atoms with Crippen LogP contribution in [0.1, 0.15) is 35.6 Å². The van der Waals surface area contributed by atoms with Crippen LogP contribution in [0.4, 0.5) is 0 Å². The average Bonchev–Trinajstić information content (AvgIpc) is 2.96. The van der Waals surface area contributed by atoms with Crippen molar-refractivity contribution in [3.63, 3.8) is 0 Å². The van der Waals surface area contributed by atoms with Gasteiger partial charge in [-0.25, -0.2) is 0 Å². The minimum absolute atomic E-state index is 0.0155. The van der Waals surface area contributed by atoms with Crippen LogP contribution in [0.3, 0.4) is 0 Å². The summed E-state index contributed by atoms with van der Waals surface area (Å²) in [6, 6.07) is 12.5. The van der Waals surface area contributed by atoms with Gasteiger partial charge in [0.1, 0.15) is 28.6 Å². The maximum Gasteiger partial charge on any atom is 0.239 e. The molecule has 3 aromatic carbocycles. The SMILES string of the molecule is [CH2]CCC(Oc1c(-c2cc(OC)c(OC)c(OC)c2)oc2cc(OC)cc(OC)c2c1=O)c1ccc([CH2])cc1C. The second-order valence-corrected chi connectivity index (χ2v) is 9.15. The molecule has 8 heteroatoms. The molecule has 2 radical (unpaired) electrons. The van der Waals surface area contributed by atoms with Crippen LogP contribution >= 0.6 is 0 Å². The van der Waals surface area contributed by atoms with Crippen molar-refractivity contribution in [3.05, 3.63) is 83.2 Å². The molecule has 0 saturated heterocycles. The summed E-state index contributed by atoms with van der Waals surface area (Å²) < 4.78 is 40.6. The zero-order chi connectivity index (χ0) is 29.0. The molecule has 1 heterocycles. The van der Waals surface area contributed by atoms with Gasteiger partial charge in [0.05, 0.1) is 35.5 Å². The van der Waals surface area contributed by atoms with Gasteiger partial charge >= 0.3 is 0 Å². The highest BCUT2D eigenvalue weighted by Crippen LogP contribution is 2.45. The molecule has 0 N–H and O–H groups in total. The highest BCUT2D eigenvalue weighted by molar-refractivity contribution is 5.89. The fraction of sp³-hybridized carbons (Fsp3) is 0.281. The predicted octanol–water partition coefficient (Wildman–Crippen LogP) is 6.73. The zero-order valence-corrected chi connectivity index (χ0v) is 23.7. The van der Waals surface area contributed by atoms with Crippen molar-refractivity contribution in [3.8, 4) is 45.8 Å². The first-order chi connectivity index (χ1) is 19.3. The van der Waals surface area contributed by atoms with Crippen molar-refractivity contribution in [1.29, 1.82) is 0 Å². The van der Waals surface area contributed by atoms with Gasteiger partial charge < -0.3 is 32.8 Å². The Labute approximate surface area is 234 Å². The van der Waals surface area contributed by atoms with Crippen molar-refractivity contribution in [2.75, 3.05) is 35.5 Å². The van der Waals surface area contributed by atoms with E-state index in [9.17, 15) is 4.79 Å². The van der Waals surface area contributed by atoms with Gasteiger partial charge in [-0.1, -0.05) is 25.1 Å².